The van der Waals surface area contributed by atoms with Crippen molar-refractivity contribution in [1.29, 1.82) is 0 Å². The van der Waals surface area contributed by atoms with E-state index in [0.717, 1.165) is 16.8 Å². The Morgan fingerprint density at radius 2 is 2.12 bits per heavy atom. The number of carbonyl (C=O) groups is 1. The molecule has 6 nitrogen and oxygen atoms in total. The first-order valence-corrected chi connectivity index (χ1v) is 4.98. The second-order valence-electron chi connectivity index (χ2n) is 3.81. The molecule has 1 unspecified atom stereocenters. The normalized spacial score (nSPS) is 14.4. The van der Waals surface area contributed by atoms with Crippen molar-refractivity contribution in [1.82, 2.24) is 9.78 Å². The average molecular weight is 226 g/mol. The van der Waals surface area contributed by atoms with Gasteiger partial charge in [0.2, 0.25) is 0 Å². The number of carboxylic acids is 1. The Labute approximate surface area is 91.5 Å². The van der Waals surface area contributed by atoms with E-state index < -0.39 is 22.6 Å². The molecule has 1 rings (SSSR count). The highest BCUT2D eigenvalue weighted by Gasteiger charge is 2.35. The summed E-state index contributed by atoms with van der Waals surface area (Å²) in [5.41, 5.74) is -2.44. The van der Waals surface area contributed by atoms with Crippen LogP contribution in [0.2, 0.25) is 0 Å². The lowest BCUT2D eigenvalue weighted by Gasteiger charge is -2.25. The fraction of sp³-hybridized carbons (Fsp3) is 0.500. The molecule has 0 bridgehead atoms. The van der Waals surface area contributed by atoms with Gasteiger partial charge in [0.1, 0.15) is 0 Å². The van der Waals surface area contributed by atoms with Gasteiger partial charge >= 0.3 is 5.97 Å². The summed E-state index contributed by atoms with van der Waals surface area (Å²) in [4.78, 5) is 33.8. The monoisotopic (exact) mass is 226 g/mol. The van der Waals surface area contributed by atoms with Crippen molar-refractivity contribution in [3.05, 3.63) is 32.8 Å². The van der Waals surface area contributed by atoms with Crippen LogP contribution < -0.4 is 11.1 Å². The highest BCUT2D eigenvalue weighted by molar-refractivity contribution is 5.75. The maximum absolute atomic E-state index is 11.5. The molecule has 0 aromatic carbocycles. The molecule has 0 aliphatic heterocycles. The van der Waals surface area contributed by atoms with Gasteiger partial charge in [0, 0.05) is 12.1 Å². The molecule has 0 spiro atoms. The summed E-state index contributed by atoms with van der Waals surface area (Å²) in [6, 6.07) is 2.14. The van der Waals surface area contributed by atoms with Crippen molar-refractivity contribution < 1.29 is 9.90 Å². The predicted octanol–water partition coefficient (Wildman–Crippen LogP) is 0.137. The number of hydrogen-bond donors (Lipinski definition) is 2. The number of nitrogens with zero attached hydrogens (tertiary/aromatic N) is 1. The maximum atomic E-state index is 11.5. The van der Waals surface area contributed by atoms with Crippen molar-refractivity contribution >= 4 is 5.97 Å². The summed E-state index contributed by atoms with van der Waals surface area (Å²) in [6.07, 6.45) is 0.856. The maximum Gasteiger partial charge on any atom is 0.331 e. The first kappa shape index (κ1) is 12.2. The van der Waals surface area contributed by atoms with Gasteiger partial charge in [-0.2, -0.15) is 0 Å². The van der Waals surface area contributed by atoms with Gasteiger partial charge in [0.05, 0.1) is 0 Å². The third kappa shape index (κ3) is 2.05. The number of aromatic amines is 1. The van der Waals surface area contributed by atoms with Crippen LogP contribution in [0.5, 0.6) is 0 Å². The Kier molecular flexibility index (Phi) is 3.31. The molecule has 0 aliphatic rings. The Hall–Kier alpha value is -1.85. The Morgan fingerprint density at radius 1 is 1.50 bits per heavy atom. The molecule has 0 fully saturated rings. The molecule has 6 heteroatoms. The van der Waals surface area contributed by atoms with E-state index in [-0.39, 0.29) is 6.42 Å². The Morgan fingerprint density at radius 3 is 2.62 bits per heavy atom. The van der Waals surface area contributed by atoms with Crippen LogP contribution in [0.15, 0.2) is 21.7 Å². The van der Waals surface area contributed by atoms with Crippen molar-refractivity contribution in [3.8, 4) is 0 Å². The van der Waals surface area contributed by atoms with Crippen LogP contribution in [0.25, 0.3) is 0 Å². The lowest BCUT2D eigenvalue weighted by Crippen LogP contribution is -2.48. The molecule has 1 aromatic rings. The minimum absolute atomic E-state index is 0.266. The number of aliphatic carboxylic acids is 1. The molecule has 1 aromatic heterocycles. The van der Waals surface area contributed by atoms with Crippen molar-refractivity contribution in [3.63, 3.8) is 0 Å². The number of H-pyrrole nitrogens is 1. The van der Waals surface area contributed by atoms with Crippen LogP contribution >= 0.6 is 0 Å². The highest BCUT2D eigenvalue weighted by Crippen LogP contribution is 2.19. The third-order valence-electron chi connectivity index (χ3n) is 2.51. The van der Waals surface area contributed by atoms with E-state index in [9.17, 15) is 14.4 Å². The quantitative estimate of drug-likeness (QED) is 0.763. The van der Waals surface area contributed by atoms with E-state index in [1.54, 1.807) is 0 Å². The molecule has 2 N–H and O–H groups in total. The Bertz CT molecular complexity index is 502. The molecule has 88 valence electrons. The van der Waals surface area contributed by atoms with Gasteiger partial charge in [-0.25, -0.2) is 9.48 Å². The summed E-state index contributed by atoms with van der Waals surface area (Å²) >= 11 is 0. The summed E-state index contributed by atoms with van der Waals surface area (Å²) < 4.78 is 0.876. The molecular weight excluding hydrogens is 212 g/mol. The fourth-order valence-corrected chi connectivity index (χ4v) is 1.59. The molecule has 1 atom stereocenters. The smallest absolute Gasteiger partial charge is 0.331 e. The molecule has 16 heavy (non-hydrogen) atoms. The van der Waals surface area contributed by atoms with Gasteiger partial charge < -0.3 is 5.11 Å². The zero-order chi connectivity index (χ0) is 12.3. The largest absolute Gasteiger partial charge is 0.479 e. The first-order chi connectivity index (χ1) is 7.41. The average Bonchev–Trinajstić information content (AvgIpc) is 2.21. The van der Waals surface area contributed by atoms with Crippen LogP contribution in [0.4, 0.5) is 0 Å². The number of rotatable bonds is 4. The number of carboxylic acid groups (broad SMARTS) is 1. The fourth-order valence-electron chi connectivity index (χ4n) is 1.59. The lowest BCUT2D eigenvalue weighted by molar-refractivity contribution is -0.147. The zero-order valence-electron chi connectivity index (χ0n) is 9.19. The molecule has 0 amide bonds. The van der Waals surface area contributed by atoms with E-state index >= 15 is 0 Å². The predicted molar refractivity (Wildman–Crippen MR) is 57.5 cm³/mol. The summed E-state index contributed by atoms with van der Waals surface area (Å²) in [6.45, 7) is 3.23. The van der Waals surface area contributed by atoms with Gasteiger partial charge in [0.15, 0.2) is 5.54 Å². The number of aromatic nitrogens is 2. The van der Waals surface area contributed by atoms with Crippen molar-refractivity contribution in [2.75, 3.05) is 0 Å². The minimum Gasteiger partial charge on any atom is -0.479 e. The molecule has 0 radical (unpaired) electrons. The van der Waals surface area contributed by atoms with Crippen LogP contribution in [-0.2, 0) is 10.3 Å². The van der Waals surface area contributed by atoms with Crippen LogP contribution in [0, 0.1) is 0 Å². The van der Waals surface area contributed by atoms with E-state index in [0.29, 0.717) is 6.42 Å². The second-order valence-corrected chi connectivity index (χ2v) is 3.81. The van der Waals surface area contributed by atoms with Gasteiger partial charge in [-0.15, -0.1) is 0 Å². The standard InChI is InChI=1S/C10H14N2O4/c1-3-6-10(2,9(15)16)12-8(14)5-4-7(13)11-12/h4-5H,3,6H2,1-2H3,(H,11,13)(H,15,16). The van der Waals surface area contributed by atoms with Gasteiger partial charge in [-0.1, -0.05) is 13.3 Å². The second kappa shape index (κ2) is 4.34. The van der Waals surface area contributed by atoms with E-state index in [4.69, 9.17) is 5.11 Å². The van der Waals surface area contributed by atoms with Crippen molar-refractivity contribution in [2.45, 2.75) is 32.2 Å². The van der Waals surface area contributed by atoms with Crippen molar-refractivity contribution in [2.24, 2.45) is 0 Å². The van der Waals surface area contributed by atoms with E-state index in [2.05, 4.69) is 5.10 Å². The van der Waals surface area contributed by atoms with E-state index in [1.807, 2.05) is 6.92 Å². The summed E-state index contributed by atoms with van der Waals surface area (Å²) in [5.74, 6) is -1.14. The topological polar surface area (TPSA) is 92.2 Å². The van der Waals surface area contributed by atoms with Gasteiger partial charge in [0.25, 0.3) is 11.1 Å². The van der Waals surface area contributed by atoms with Crippen LogP contribution in [-0.4, -0.2) is 20.9 Å². The molecule has 0 aliphatic carbocycles. The third-order valence-corrected chi connectivity index (χ3v) is 2.51. The SMILES string of the molecule is CCCC(C)(C(=O)O)n1[nH]c(=O)ccc1=O. The number of nitrogens with one attached hydrogen (secondary N) is 1. The number of hydrogen-bond acceptors (Lipinski definition) is 3. The molecule has 0 saturated heterocycles. The Balaban J connectivity index is 3.43. The first-order valence-electron chi connectivity index (χ1n) is 4.98. The summed E-state index contributed by atoms with van der Waals surface area (Å²) in [7, 11) is 0. The lowest BCUT2D eigenvalue weighted by atomic mass is 9.96. The highest BCUT2D eigenvalue weighted by atomic mass is 16.4. The molecule has 1 heterocycles. The van der Waals surface area contributed by atoms with E-state index in [1.165, 1.54) is 6.92 Å². The van der Waals surface area contributed by atoms with Gasteiger partial charge in [-0.05, 0) is 13.3 Å². The van der Waals surface area contributed by atoms with Crippen LogP contribution in [0.1, 0.15) is 26.7 Å². The molecular formula is C10H14N2O4. The minimum atomic E-state index is -1.41. The van der Waals surface area contributed by atoms with Crippen LogP contribution in [0.3, 0.4) is 0 Å². The molecule has 0 saturated carbocycles. The zero-order valence-corrected chi connectivity index (χ0v) is 9.19. The van der Waals surface area contributed by atoms with Gasteiger partial charge in [-0.3, -0.25) is 14.7 Å². The summed E-state index contributed by atoms with van der Waals surface area (Å²) in [5, 5.41) is 11.4.